The van der Waals surface area contributed by atoms with E-state index in [1.807, 2.05) is 55.5 Å². The third-order valence-corrected chi connectivity index (χ3v) is 6.77. The van der Waals surface area contributed by atoms with Gasteiger partial charge in [0.25, 0.3) is 5.91 Å². The van der Waals surface area contributed by atoms with Crippen molar-refractivity contribution in [2.75, 3.05) is 10.6 Å². The van der Waals surface area contributed by atoms with Crippen molar-refractivity contribution in [2.24, 2.45) is 0 Å². The summed E-state index contributed by atoms with van der Waals surface area (Å²) in [5.41, 5.74) is 4.80. The lowest BCUT2D eigenvalue weighted by Crippen LogP contribution is -2.12. The molecule has 2 heterocycles. The lowest BCUT2D eigenvalue weighted by atomic mass is 10.1. The molecule has 6 nitrogen and oxygen atoms in total. The quantitative estimate of drug-likeness (QED) is 0.396. The third-order valence-electron chi connectivity index (χ3n) is 5.56. The molecule has 5 rings (SSSR count). The van der Waals surface area contributed by atoms with Crippen LogP contribution < -0.4 is 10.6 Å². The highest BCUT2D eigenvalue weighted by atomic mass is 32.1. The summed E-state index contributed by atoms with van der Waals surface area (Å²) < 4.78 is 0. The molecule has 162 valence electrons. The van der Waals surface area contributed by atoms with Crippen molar-refractivity contribution < 1.29 is 4.79 Å². The van der Waals surface area contributed by atoms with Gasteiger partial charge < -0.3 is 10.6 Å². The molecule has 4 aromatic rings. The van der Waals surface area contributed by atoms with Crippen LogP contribution in [0.4, 0.5) is 16.5 Å². The number of anilines is 3. The molecule has 2 aromatic heterocycles. The molecule has 1 amide bonds. The molecule has 0 unspecified atom stereocenters. The first-order valence-corrected chi connectivity index (χ1v) is 11.6. The highest BCUT2D eigenvalue weighted by Crippen LogP contribution is 2.38. The Morgan fingerprint density at radius 3 is 2.73 bits per heavy atom. The second-order valence-electron chi connectivity index (χ2n) is 7.88. The van der Waals surface area contributed by atoms with Gasteiger partial charge >= 0.3 is 0 Å². The van der Waals surface area contributed by atoms with Crippen molar-refractivity contribution in [3.8, 4) is 17.3 Å². The van der Waals surface area contributed by atoms with Crippen molar-refractivity contribution in [3.63, 3.8) is 0 Å². The van der Waals surface area contributed by atoms with Crippen LogP contribution in [0.15, 0.2) is 60.7 Å². The van der Waals surface area contributed by atoms with Crippen molar-refractivity contribution in [2.45, 2.75) is 26.2 Å². The largest absolute Gasteiger partial charge is 0.340 e. The smallest absolute Gasteiger partial charge is 0.256 e. The van der Waals surface area contributed by atoms with Crippen LogP contribution in [0.25, 0.3) is 11.3 Å². The maximum absolute atomic E-state index is 12.9. The summed E-state index contributed by atoms with van der Waals surface area (Å²) in [5, 5.41) is 16.4. The molecular formula is C26H21N5OS. The van der Waals surface area contributed by atoms with Gasteiger partial charge in [-0.05, 0) is 49.9 Å². The molecule has 0 spiro atoms. The van der Waals surface area contributed by atoms with Gasteiger partial charge in [-0.1, -0.05) is 36.4 Å². The predicted octanol–water partition coefficient (Wildman–Crippen LogP) is 5.87. The molecule has 1 aliphatic rings. The lowest BCUT2D eigenvalue weighted by Gasteiger charge is -2.10. The summed E-state index contributed by atoms with van der Waals surface area (Å²) in [6.07, 6.45) is 2.97. The average Bonchev–Trinajstić information content (AvgIpc) is 3.40. The zero-order valence-corrected chi connectivity index (χ0v) is 18.9. The van der Waals surface area contributed by atoms with Gasteiger partial charge in [0.1, 0.15) is 22.7 Å². The summed E-state index contributed by atoms with van der Waals surface area (Å²) in [4.78, 5) is 23.2. The number of amides is 1. The van der Waals surface area contributed by atoms with Crippen LogP contribution in [-0.4, -0.2) is 15.9 Å². The van der Waals surface area contributed by atoms with Crippen LogP contribution in [0.1, 0.15) is 38.6 Å². The Kier molecular flexibility index (Phi) is 5.59. The van der Waals surface area contributed by atoms with E-state index in [4.69, 9.17) is 0 Å². The van der Waals surface area contributed by atoms with E-state index in [2.05, 4.69) is 26.7 Å². The molecule has 0 saturated carbocycles. The zero-order chi connectivity index (χ0) is 22.8. The normalized spacial score (nSPS) is 12.1. The van der Waals surface area contributed by atoms with Gasteiger partial charge in [0, 0.05) is 27.8 Å². The SMILES string of the molecule is Cc1nc(Nc2cccc(C(=O)Nc3sc4c(c3C#N)CCC4)c2)cc(-c2ccccc2)n1. The number of carbonyl (C=O) groups excluding carboxylic acids is 1. The first-order chi connectivity index (χ1) is 16.1. The number of carbonyl (C=O) groups is 1. The maximum atomic E-state index is 12.9. The van der Waals surface area contributed by atoms with E-state index >= 15 is 0 Å². The van der Waals surface area contributed by atoms with Gasteiger partial charge in [-0.15, -0.1) is 11.3 Å². The van der Waals surface area contributed by atoms with E-state index in [1.165, 1.54) is 16.2 Å². The maximum Gasteiger partial charge on any atom is 0.256 e. The number of thiophene rings is 1. The van der Waals surface area contributed by atoms with Crippen molar-refractivity contribution >= 4 is 33.8 Å². The van der Waals surface area contributed by atoms with E-state index in [9.17, 15) is 10.1 Å². The Labute approximate surface area is 196 Å². The minimum absolute atomic E-state index is 0.237. The van der Waals surface area contributed by atoms with E-state index in [-0.39, 0.29) is 5.91 Å². The number of hydrogen-bond acceptors (Lipinski definition) is 6. The van der Waals surface area contributed by atoms with Crippen molar-refractivity contribution in [1.29, 1.82) is 5.26 Å². The summed E-state index contributed by atoms with van der Waals surface area (Å²) in [6, 6.07) is 21.3. The lowest BCUT2D eigenvalue weighted by molar-refractivity contribution is 0.102. The molecule has 33 heavy (non-hydrogen) atoms. The molecule has 1 aliphatic carbocycles. The van der Waals surface area contributed by atoms with Gasteiger partial charge in [-0.2, -0.15) is 5.26 Å². The molecule has 0 saturated heterocycles. The van der Waals surface area contributed by atoms with Gasteiger partial charge in [0.15, 0.2) is 0 Å². The predicted molar refractivity (Wildman–Crippen MR) is 131 cm³/mol. The second-order valence-corrected chi connectivity index (χ2v) is 8.99. The van der Waals surface area contributed by atoms with Crippen molar-refractivity contribution in [1.82, 2.24) is 9.97 Å². The van der Waals surface area contributed by atoms with Gasteiger partial charge in [0.05, 0.1) is 11.3 Å². The van der Waals surface area contributed by atoms with Crippen LogP contribution >= 0.6 is 11.3 Å². The molecule has 2 N–H and O–H groups in total. The fourth-order valence-electron chi connectivity index (χ4n) is 4.06. The topological polar surface area (TPSA) is 90.7 Å². The molecular weight excluding hydrogens is 430 g/mol. The van der Waals surface area contributed by atoms with Gasteiger partial charge in [-0.3, -0.25) is 4.79 Å². The number of aryl methyl sites for hydroxylation is 2. The first kappa shape index (κ1) is 20.9. The number of nitriles is 1. The first-order valence-electron chi connectivity index (χ1n) is 10.7. The van der Waals surface area contributed by atoms with E-state index in [0.717, 1.165) is 41.8 Å². The molecule has 0 aliphatic heterocycles. The van der Waals surface area contributed by atoms with Crippen LogP contribution in [0.2, 0.25) is 0 Å². The molecule has 0 fully saturated rings. The number of benzene rings is 2. The number of hydrogen-bond donors (Lipinski definition) is 2. The monoisotopic (exact) mass is 451 g/mol. The summed E-state index contributed by atoms with van der Waals surface area (Å²) in [5.74, 6) is 1.07. The van der Waals surface area contributed by atoms with E-state index < -0.39 is 0 Å². The van der Waals surface area contributed by atoms with Crippen LogP contribution in [0.3, 0.4) is 0 Å². The number of nitrogens with zero attached hydrogens (tertiary/aromatic N) is 3. The fraction of sp³-hybridized carbons (Fsp3) is 0.154. The van der Waals surface area contributed by atoms with Crippen LogP contribution in [-0.2, 0) is 12.8 Å². The Morgan fingerprint density at radius 2 is 1.91 bits per heavy atom. The molecule has 2 aromatic carbocycles. The average molecular weight is 452 g/mol. The zero-order valence-electron chi connectivity index (χ0n) is 18.1. The number of fused-ring (bicyclic) bond motifs is 1. The summed E-state index contributed by atoms with van der Waals surface area (Å²) in [7, 11) is 0. The molecule has 7 heteroatoms. The summed E-state index contributed by atoms with van der Waals surface area (Å²) >= 11 is 1.52. The number of rotatable bonds is 5. The highest BCUT2D eigenvalue weighted by Gasteiger charge is 2.23. The van der Waals surface area contributed by atoms with Gasteiger partial charge in [-0.25, -0.2) is 9.97 Å². The third kappa shape index (κ3) is 4.34. The Morgan fingerprint density at radius 1 is 1.06 bits per heavy atom. The highest BCUT2D eigenvalue weighted by molar-refractivity contribution is 7.16. The number of nitrogens with one attached hydrogen (secondary N) is 2. The number of aromatic nitrogens is 2. The Hall–Kier alpha value is -4.02. The standard InChI is InChI=1S/C26H21N5OS/c1-16-28-22(17-7-3-2-4-8-17)14-24(29-16)30-19-10-5-9-18(13-19)25(32)31-26-21(15-27)20-11-6-12-23(20)33-26/h2-5,7-10,13-14H,6,11-12H2,1H3,(H,31,32)(H,28,29,30). The summed E-state index contributed by atoms with van der Waals surface area (Å²) in [6.45, 7) is 1.85. The second kappa shape index (κ2) is 8.85. The van der Waals surface area contributed by atoms with Crippen LogP contribution in [0, 0.1) is 18.3 Å². The molecule has 0 atom stereocenters. The van der Waals surface area contributed by atoms with Crippen molar-refractivity contribution in [3.05, 3.63) is 88.1 Å². The molecule has 0 bridgehead atoms. The van der Waals surface area contributed by atoms with E-state index in [1.54, 1.807) is 12.1 Å². The van der Waals surface area contributed by atoms with E-state index in [0.29, 0.717) is 27.8 Å². The fourth-order valence-corrected chi connectivity index (χ4v) is 5.30. The Bertz CT molecular complexity index is 1390. The van der Waals surface area contributed by atoms with Crippen LogP contribution in [0.5, 0.6) is 0 Å². The minimum Gasteiger partial charge on any atom is -0.340 e. The molecule has 0 radical (unpaired) electrons. The Balaban J connectivity index is 1.37. The minimum atomic E-state index is -0.237. The van der Waals surface area contributed by atoms with Gasteiger partial charge in [0.2, 0.25) is 0 Å².